The van der Waals surface area contributed by atoms with Crippen molar-refractivity contribution in [1.82, 2.24) is 19.3 Å². The van der Waals surface area contributed by atoms with Gasteiger partial charge in [-0.3, -0.25) is 18.8 Å². The van der Waals surface area contributed by atoms with Crippen LogP contribution in [-0.4, -0.2) is 31.4 Å². The third kappa shape index (κ3) is 3.24. The van der Waals surface area contributed by atoms with Crippen molar-refractivity contribution in [3.05, 3.63) is 59.4 Å². The van der Waals surface area contributed by atoms with E-state index in [1.165, 1.54) is 10.9 Å². The van der Waals surface area contributed by atoms with E-state index in [-0.39, 0.29) is 36.6 Å². The maximum atomic E-state index is 12.5. The lowest BCUT2D eigenvalue weighted by molar-refractivity contribution is -0.150. The molecule has 1 aromatic carbocycles. The van der Waals surface area contributed by atoms with Crippen molar-refractivity contribution in [2.45, 2.75) is 44.4 Å². The molecule has 0 radical (unpaired) electrons. The first-order chi connectivity index (χ1) is 12.7. The van der Waals surface area contributed by atoms with Gasteiger partial charge >= 0.3 is 5.97 Å². The van der Waals surface area contributed by atoms with E-state index in [1.807, 2.05) is 23.0 Å². The van der Waals surface area contributed by atoms with Crippen molar-refractivity contribution in [3.63, 3.8) is 0 Å². The number of ether oxygens (including phenoxy) is 1. The van der Waals surface area contributed by atoms with Crippen LogP contribution >= 0.6 is 0 Å². The molecule has 0 N–H and O–H groups in total. The first kappa shape index (κ1) is 16.5. The Morgan fingerprint density at radius 2 is 2.12 bits per heavy atom. The van der Waals surface area contributed by atoms with E-state index in [4.69, 9.17) is 4.74 Å². The second-order valence-electron chi connectivity index (χ2n) is 6.52. The SMILES string of the molecule is O=C(CCn1cnc2ccccc2c1=O)O[C@@H]1CCC[C@H]1n1cccn1. The van der Waals surface area contributed by atoms with Crippen LogP contribution in [0.4, 0.5) is 0 Å². The Bertz CT molecular complexity index is 964. The summed E-state index contributed by atoms with van der Waals surface area (Å²) in [4.78, 5) is 29.0. The summed E-state index contributed by atoms with van der Waals surface area (Å²) in [5.74, 6) is -0.297. The zero-order valence-electron chi connectivity index (χ0n) is 14.3. The van der Waals surface area contributed by atoms with Crippen molar-refractivity contribution >= 4 is 16.9 Å². The molecule has 0 saturated heterocycles. The zero-order valence-corrected chi connectivity index (χ0v) is 14.3. The minimum absolute atomic E-state index is 0.0963. The Balaban J connectivity index is 1.40. The molecule has 1 fully saturated rings. The third-order valence-corrected chi connectivity index (χ3v) is 4.85. The number of esters is 1. The molecule has 0 unspecified atom stereocenters. The molecule has 0 bridgehead atoms. The summed E-state index contributed by atoms with van der Waals surface area (Å²) in [5.41, 5.74) is 0.517. The summed E-state index contributed by atoms with van der Waals surface area (Å²) in [5, 5.41) is 4.82. The molecule has 134 valence electrons. The van der Waals surface area contributed by atoms with Gasteiger partial charge < -0.3 is 4.74 Å². The van der Waals surface area contributed by atoms with Gasteiger partial charge in [-0.15, -0.1) is 0 Å². The molecule has 2 atom stereocenters. The van der Waals surface area contributed by atoms with Gasteiger partial charge in [0.2, 0.25) is 0 Å². The number of hydrogen-bond acceptors (Lipinski definition) is 5. The van der Waals surface area contributed by atoms with Crippen molar-refractivity contribution in [2.75, 3.05) is 0 Å². The van der Waals surface area contributed by atoms with E-state index in [9.17, 15) is 9.59 Å². The summed E-state index contributed by atoms with van der Waals surface area (Å²) in [6.07, 6.45) is 7.90. The number of carbonyl (C=O) groups excluding carboxylic acids is 1. The Labute approximate surface area is 150 Å². The number of fused-ring (bicyclic) bond motifs is 1. The molecule has 0 spiro atoms. The van der Waals surface area contributed by atoms with E-state index in [0.717, 1.165) is 19.3 Å². The van der Waals surface area contributed by atoms with Crippen molar-refractivity contribution < 1.29 is 9.53 Å². The molecule has 7 nitrogen and oxygen atoms in total. The Morgan fingerprint density at radius 3 is 2.96 bits per heavy atom. The molecule has 4 rings (SSSR count). The first-order valence-corrected chi connectivity index (χ1v) is 8.85. The topological polar surface area (TPSA) is 79.0 Å². The van der Waals surface area contributed by atoms with E-state index < -0.39 is 0 Å². The van der Waals surface area contributed by atoms with Crippen LogP contribution in [0.15, 0.2) is 53.8 Å². The highest BCUT2D eigenvalue weighted by molar-refractivity contribution is 5.77. The average molecular weight is 352 g/mol. The van der Waals surface area contributed by atoms with Crippen molar-refractivity contribution in [2.24, 2.45) is 0 Å². The van der Waals surface area contributed by atoms with Crippen LogP contribution in [0.3, 0.4) is 0 Å². The van der Waals surface area contributed by atoms with Crippen LogP contribution in [0.25, 0.3) is 10.9 Å². The molecule has 3 aromatic rings. The summed E-state index contributed by atoms with van der Waals surface area (Å²) in [6.45, 7) is 0.259. The van der Waals surface area contributed by atoms with Gasteiger partial charge in [0, 0.05) is 18.9 Å². The fourth-order valence-corrected chi connectivity index (χ4v) is 3.53. The highest BCUT2D eigenvalue weighted by Gasteiger charge is 2.32. The Hall–Kier alpha value is -2.96. The number of aryl methyl sites for hydroxylation is 1. The van der Waals surface area contributed by atoms with Gasteiger partial charge in [0.15, 0.2) is 0 Å². The summed E-state index contributed by atoms with van der Waals surface area (Å²) in [6, 6.07) is 9.15. The van der Waals surface area contributed by atoms with E-state index in [2.05, 4.69) is 10.1 Å². The van der Waals surface area contributed by atoms with Gasteiger partial charge in [-0.25, -0.2) is 4.98 Å². The maximum Gasteiger partial charge on any atom is 0.307 e. The lowest BCUT2D eigenvalue weighted by atomic mass is 10.2. The van der Waals surface area contributed by atoms with E-state index in [1.54, 1.807) is 24.4 Å². The minimum Gasteiger partial charge on any atom is -0.460 e. The van der Waals surface area contributed by atoms with Gasteiger partial charge in [-0.2, -0.15) is 5.10 Å². The number of rotatable bonds is 5. The molecular weight excluding hydrogens is 332 g/mol. The van der Waals surface area contributed by atoms with Crippen molar-refractivity contribution in [1.29, 1.82) is 0 Å². The summed E-state index contributed by atoms with van der Waals surface area (Å²) >= 11 is 0. The molecule has 2 aromatic heterocycles. The first-order valence-electron chi connectivity index (χ1n) is 8.85. The van der Waals surface area contributed by atoms with Crippen LogP contribution in [-0.2, 0) is 16.1 Å². The maximum absolute atomic E-state index is 12.5. The Kier molecular flexibility index (Phi) is 4.51. The van der Waals surface area contributed by atoms with Crippen LogP contribution in [0, 0.1) is 0 Å². The van der Waals surface area contributed by atoms with Crippen LogP contribution in [0.2, 0.25) is 0 Å². The van der Waals surface area contributed by atoms with Gasteiger partial charge in [-0.05, 0) is 37.5 Å². The standard InChI is InChI=1S/C19H20N4O3/c24-18(26-17-8-3-7-16(17)23-11-4-10-21-23)9-12-22-13-20-15-6-2-1-5-14(15)19(22)25/h1-2,4-6,10-11,13,16-17H,3,7-9,12H2/t16-,17-/m1/s1. The fraction of sp³-hybridized carbons (Fsp3) is 0.368. The third-order valence-electron chi connectivity index (χ3n) is 4.85. The number of benzene rings is 1. The molecule has 0 aliphatic heterocycles. The predicted octanol–water partition coefficient (Wildman–Crippen LogP) is 2.32. The second kappa shape index (κ2) is 7.11. The number of aromatic nitrogens is 4. The molecule has 1 saturated carbocycles. The molecule has 26 heavy (non-hydrogen) atoms. The van der Waals surface area contributed by atoms with Gasteiger partial charge in [0.1, 0.15) is 6.10 Å². The molecule has 1 aliphatic carbocycles. The normalized spacial score (nSPS) is 19.7. The molecule has 1 aliphatic rings. The lowest BCUT2D eigenvalue weighted by Gasteiger charge is -2.20. The van der Waals surface area contributed by atoms with Crippen LogP contribution in [0.5, 0.6) is 0 Å². The molecule has 7 heteroatoms. The van der Waals surface area contributed by atoms with Crippen molar-refractivity contribution in [3.8, 4) is 0 Å². The van der Waals surface area contributed by atoms with Gasteiger partial charge in [0.25, 0.3) is 5.56 Å². The summed E-state index contributed by atoms with van der Waals surface area (Å²) in [7, 11) is 0. The summed E-state index contributed by atoms with van der Waals surface area (Å²) < 4.78 is 8.99. The van der Waals surface area contributed by atoms with E-state index in [0.29, 0.717) is 10.9 Å². The average Bonchev–Trinajstić information content (AvgIpc) is 3.33. The number of nitrogens with zero attached hydrogens (tertiary/aromatic N) is 4. The zero-order chi connectivity index (χ0) is 17.9. The number of para-hydroxylation sites is 1. The molecule has 2 heterocycles. The Morgan fingerprint density at radius 1 is 1.23 bits per heavy atom. The molecule has 0 amide bonds. The minimum atomic E-state index is -0.297. The molecular formula is C19H20N4O3. The number of carbonyl (C=O) groups is 1. The van der Waals surface area contributed by atoms with Crippen LogP contribution < -0.4 is 5.56 Å². The quantitative estimate of drug-likeness (QED) is 0.659. The number of hydrogen-bond donors (Lipinski definition) is 0. The van der Waals surface area contributed by atoms with Crippen LogP contribution in [0.1, 0.15) is 31.7 Å². The fourth-order valence-electron chi connectivity index (χ4n) is 3.53. The monoisotopic (exact) mass is 352 g/mol. The highest BCUT2D eigenvalue weighted by atomic mass is 16.5. The van der Waals surface area contributed by atoms with Gasteiger partial charge in [0.05, 0.1) is 29.7 Å². The van der Waals surface area contributed by atoms with Gasteiger partial charge in [-0.1, -0.05) is 12.1 Å². The highest BCUT2D eigenvalue weighted by Crippen LogP contribution is 2.32. The lowest BCUT2D eigenvalue weighted by Crippen LogP contribution is -2.27. The second-order valence-corrected chi connectivity index (χ2v) is 6.52. The largest absolute Gasteiger partial charge is 0.460 e. The van der Waals surface area contributed by atoms with E-state index >= 15 is 0 Å². The smallest absolute Gasteiger partial charge is 0.307 e. The predicted molar refractivity (Wildman–Crippen MR) is 95.6 cm³/mol.